The zero-order valence-electron chi connectivity index (χ0n) is 15.7. The van der Waals surface area contributed by atoms with Crippen LogP contribution < -0.4 is 14.2 Å². The largest absolute Gasteiger partial charge is 0.490 e. The molecular weight excluding hydrogens is 378 g/mol. The van der Waals surface area contributed by atoms with Gasteiger partial charge in [0, 0.05) is 19.7 Å². The fraction of sp³-hybridized carbons (Fsp3) is 0.227. The first-order chi connectivity index (χ1) is 13.6. The Morgan fingerprint density at radius 1 is 1.25 bits per heavy atom. The van der Waals surface area contributed by atoms with Gasteiger partial charge in [-0.15, -0.1) is 0 Å². The lowest BCUT2D eigenvalue weighted by molar-refractivity contribution is -0.125. The van der Waals surface area contributed by atoms with E-state index in [-0.39, 0.29) is 5.91 Å². The number of rotatable bonds is 7. The van der Waals surface area contributed by atoms with Crippen molar-refractivity contribution < 1.29 is 19.0 Å². The topological polar surface area (TPSA) is 48.0 Å². The summed E-state index contributed by atoms with van der Waals surface area (Å²) >= 11 is 6.23. The van der Waals surface area contributed by atoms with Gasteiger partial charge in [0.15, 0.2) is 11.5 Å². The summed E-state index contributed by atoms with van der Waals surface area (Å²) in [6.07, 6.45) is 4.93. The second-order valence-corrected chi connectivity index (χ2v) is 6.71. The Hall–Kier alpha value is -2.92. The summed E-state index contributed by atoms with van der Waals surface area (Å²) < 4.78 is 16.5. The third-order valence-corrected chi connectivity index (χ3v) is 4.41. The van der Waals surface area contributed by atoms with Crippen LogP contribution in [0, 0.1) is 0 Å². The van der Waals surface area contributed by atoms with Crippen LogP contribution in [0.5, 0.6) is 17.2 Å². The van der Waals surface area contributed by atoms with Crippen molar-refractivity contribution in [3.63, 3.8) is 0 Å². The van der Waals surface area contributed by atoms with Gasteiger partial charge < -0.3 is 19.1 Å². The number of likely N-dealkylation sites (N-methyl/N-ethyl adjacent to an activating group) is 1. The minimum Gasteiger partial charge on any atom is -0.490 e. The number of fused-ring (bicyclic) bond motifs is 1. The molecule has 0 bridgehead atoms. The Labute approximate surface area is 169 Å². The maximum atomic E-state index is 12.4. The van der Waals surface area contributed by atoms with Crippen molar-refractivity contribution in [1.82, 2.24) is 4.90 Å². The first-order valence-electron chi connectivity index (χ1n) is 8.92. The molecule has 1 aliphatic heterocycles. The Kier molecular flexibility index (Phi) is 6.61. The number of carbonyl (C=O) groups excluding carboxylic acids is 1. The molecule has 1 amide bonds. The molecule has 2 aromatic rings. The zero-order valence-corrected chi connectivity index (χ0v) is 16.4. The second-order valence-electron chi connectivity index (χ2n) is 6.30. The predicted octanol–water partition coefficient (Wildman–Crippen LogP) is 4.35. The van der Waals surface area contributed by atoms with E-state index in [9.17, 15) is 4.79 Å². The normalized spacial score (nSPS) is 12.6. The first-order valence-corrected chi connectivity index (χ1v) is 9.29. The van der Waals surface area contributed by atoms with Crippen molar-refractivity contribution in [2.24, 2.45) is 0 Å². The van der Waals surface area contributed by atoms with Gasteiger partial charge in [-0.05, 0) is 41.5 Å². The van der Waals surface area contributed by atoms with Gasteiger partial charge in [0.05, 0.1) is 5.02 Å². The second kappa shape index (κ2) is 9.33. The highest BCUT2D eigenvalue weighted by molar-refractivity contribution is 6.32. The van der Waals surface area contributed by atoms with Crippen LogP contribution in [-0.4, -0.2) is 37.7 Å². The summed E-state index contributed by atoms with van der Waals surface area (Å²) in [5, 5.41) is 0.469. The summed E-state index contributed by atoms with van der Waals surface area (Å²) in [5.41, 5.74) is 1.79. The third-order valence-electron chi connectivity index (χ3n) is 4.12. The highest BCUT2D eigenvalue weighted by Gasteiger charge is 2.16. The maximum absolute atomic E-state index is 12.4. The fourth-order valence-corrected chi connectivity index (χ4v) is 2.99. The van der Waals surface area contributed by atoms with Crippen LogP contribution in [0.15, 0.2) is 55.1 Å². The Morgan fingerprint density at radius 3 is 2.75 bits per heavy atom. The summed E-state index contributed by atoms with van der Waals surface area (Å²) in [5.74, 6) is 1.80. The number of hydrogen-bond donors (Lipinski definition) is 0. The molecule has 28 heavy (non-hydrogen) atoms. The van der Waals surface area contributed by atoms with Crippen LogP contribution in [0.25, 0.3) is 6.08 Å². The van der Waals surface area contributed by atoms with E-state index in [1.807, 2.05) is 30.3 Å². The molecule has 6 heteroatoms. The average Bonchev–Trinajstić information content (AvgIpc) is 2.71. The van der Waals surface area contributed by atoms with Crippen molar-refractivity contribution in [2.45, 2.75) is 6.54 Å². The van der Waals surface area contributed by atoms with Gasteiger partial charge in [-0.1, -0.05) is 36.4 Å². The molecule has 0 fully saturated rings. The Bertz CT molecular complexity index is 877. The lowest BCUT2D eigenvalue weighted by atomic mass is 10.1. The lowest BCUT2D eigenvalue weighted by Gasteiger charge is -2.19. The first kappa shape index (κ1) is 19.8. The average molecular weight is 400 g/mol. The molecule has 0 aliphatic carbocycles. The Morgan fingerprint density at radius 2 is 2.00 bits per heavy atom. The number of benzene rings is 2. The lowest BCUT2D eigenvalue weighted by Crippen LogP contribution is -2.24. The SMILES string of the molecule is C=CCOc1ccc(CN(C)C(=O)/C=C/c2cc(Cl)c3c(c2)OCCO3)cc1. The molecule has 146 valence electrons. The van der Waals surface area contributed by atoms with Crippen LogP contribution in [0.3, 0.4) is 0 Å². The van der Waals surface area contributed by atoms with Crippen molar-refractivity contribution in [3.05, 3.63) is 71.3 Å². The Balaban J connectivity index is 1.61. The molecule has 0 spiro atoms. The standard InChI is InChI=1S/C22H22ClNO4/c1-3-10-26-18-7-4-16(5-8-18)15-24(2)21(25)9-6-17-13-19(23)22-20(14-17)27-11-12-28-22/h3-9,13-14H,1,10-12,15H2,2H3/b9-6+. The van der Waals surface area contributed by atoms with Crippen LogP contribution >= 0.6 is 11.6 Å². The summed E-state index contributed by atoms with van der Waals surface area (Å²) in [6, 6.07) is 11.2. The van der Waals surface area contributed by atoms with Gasteiger partial charge in [-0.2, -0.15) is 0 Å². The third kappa shape index (κ3) is 5.08. The van der Waals surface area contributed by atoms with Crippen molar-refractivity contribution in [3.8, 4) is 17.2 Å². The highest BCUT2D eigenvalue weighted by Crippen LogP contribution is 2.38. The molecule has 0 radical (unpaired) electrons. The molecule has 0 saturated carbocycles. The van der Waals surface area contributed by atoms with Crippen LogP contribution in [0.1, 0.15) is 11.1 Å². The summed E-state index contributed by atoms with van der Waals surface area (Å²) in [6.45, 7) is 5.54. The number of amides is 1. The summed E-state index contributed by atoms with van der Waals surface area (Å²) in [7, 11) is 1.76. The van der Waals surface area contributed by atoms with Crippen LogP contribution in [0.4, 0.5) is 0 Å². The number of carbonyl (C=O) groups is 1. The van der Waals surface area contributed by atoms with Crippen LogP contribution in [0.2, 0.25) is 5.02 Å². The molecule has 0 atom stereocenters. The molecule has 2 aromatic carbocycles. The molecule has 1 heterocycles. The van der Waals surface area contributed by atoms with E-state index in [1.54, 1.807) is 30.2 Å². The molecule has 0 saturated heterocycles. The monoisotopic (exact) mass is 399 g/mol. The molecule has 1 aliphatic rings. The maximum Gasteiger partial charge on any atom is 0.246 e. The fourth-order valence-electron chi connectivity index (χ4n) is 2.72. The number of nitrogens with zero attached hydrogens (tertiary/aromatic N) is 1. The molecule has 0 aromatic heterocycles. The molecule has 5 nitrogen and oxygen atoms in total. The van der Waals surface area contributed by atoms with E-state index >= 15 is 0 Å². The molecule has 3 rings (SSSR count). The van der Waals surface area contributed by atoms with Gasteiger partial charge in [0.2, 0.25) is 5.91 Å². The van der Waals surface area contributed by atoms with E-state index in [2.05, 4.69) is 6.58 Å². The van der Waals surface area contributed by atoms with Crippen molar-refractivity contribution in [1.29, 1.82) is 0 Å². The van der Waals surface area contributed by atoms with Gasteiger partial charge in [0.1, 0.15) is 25.6 Å². The highest BCUT2D eigenvalue weighted by atomic mass is 35.5. The minimum absolute atomic E-state index is 0.113. The van der Waals surface area contributed by atoms with Crippen molar-refractivity contribution in [2.75, 3.05) is 26.9 Å². The molecular formula is C22H22ClNO4. The number of halogens is 1. The van der Waals surface area contributed by atoms with E-state index in [0.29, 0.717) is 42.9 Å². The van der Waals surface area contributed by atoms with E-state index < -0.39 is 0 Å². The van der Waals surface area contributed by atoms with E-state index in [0.717, 1.165) is 16.9 Å². The molecule has 0 unspecified atom stereocenters. The van der Waals surface area contributed by atoms with Gasteiger partial charge >= 0.3 is 0 Å². The summed E-state index contributed by atoms with van der Waals surface area (Å²) in [4.78, 5) is 14.1. The van der Waals surface area contributed by atoms with Gasteiger partial charge in [0.25, 0.3) is 0 Å². The quantitative estimate of drug-likeness (QED) is 0.513. The van der Waals surface area contributed by atoms with Gasteiger partial charge in [-0.25, -0.2) is 0 Å². The number of ether oxygens (including phenoxy) is 3. The minimum atomic E-state index is -0.113. The smallest absolute Gasteiger partial charge is 0.246 e. The van der Waals surface area contributed by atoms with E-state index in [4.69, 9.17) is 25.8 Å². The van der Waals surface area contributed by atoms with Gasteiger partial charge in [-0.3, -0.25) is 4.79 Å². The van der Waals surface area contributed by atoms with Crippen molar-refractivity contribution >= 4 is 23.6 Å². The van der Waals surface area contributed by atoms with E-state index in [1.165, 1.54) is 6.08 Å². The molecule has 0 N–H and O–H groups in total. The zero-order chi connectivity index (χ0) is 19.9. The predicted molar refractivity (Wildman–Crippen MR) is 110 cm³/mol. The number of hydrogen-bond acceptors (Lipinski definition) is 4. The van der Waals surface area contributed by atoms with Crippen LogP contribution in [-0.2, 0) is 11.3 Å².